The van der Waals surface area contributed by atoms with Crippen molar-refractivity contribution in [2.45, 2.75) is 6.10 Å². The van der Waals surface area contributed by atoms with E-state index in [1.807, 2.05) is 42.5 Å². The van der Waals surface area contributed by atoms with Crippen molar-refractivity contribution in [1.29, 1.82) is 0 Å². The van der Waals surface area contributed by atoms with Crippen LogP contribution in [-0.4, -0.2) is 24.8 Å². The Labute approximate surface area is 169 Å². The molecular weight excluding hydrogens is 459 g/mol. The van der Waals surface area contributed by atoms with Gasteiger partial charge in [0, 0.05) is 9.13 Å². The summed E-state index contributed by atoms with van der Waals surface area (Å²) in [4.78, 5) is 12.2. The van der Waals surface area contributed by atoms with Crippen molar-refractivity contribution in [3.8, 4) is 22.8 Å². The lowest BCUT2D eigenvalue weighted by Crippen LogP contribution is -2.42. The number of carbonyl (C=O) groups is 1. The van der Waals surface area contributed by atoms with Gasteiger partial charge in [-0.2, -0.15) is 5.10 Å². The molecule has 0 radical (unpaired) electrons. The maximum Gasteiger partial charge on any atom is 0.284 e. The summed E-state index contributed by atoms with van der Waals surface area (Å²) in [5.41, 5.74) is 3.43. The number of para-hydroxylation sites is 2. The van der Waals surface area contributed by atoms with Gasteiger partial charge in [0.2, 0.25) is 6.10 Å². The standard InChI is InChI=1S/C20H15IN2O4/c21-14-7-5-13(6-8-14)16-10-9-15(26-16)11-22-23-20(24)19-12-25-17-3-1-2-4-18(17)27-19/h1-11,19H,12H2,(H,23,24). The second-order valence-corrected chi connectivity index (χ2v) is 7.05. The average molecular weight is 474 g/mol. The summed E-state index contributed by atoms with van der Waals surface area (Å²) in [6.07, 6.45) is 0.696. The maximum absolute atomic E-state index is 12.2. The average Bonchev–Trinajstić information content (AvgIpc) is 3.17. The van der Waals surface area contributed by atoms with Gasteiger partial charge in [0.15, 0.2) is 11.5 Å². The summed E-state index contributed by atoms with van der Waals surface area (Å²) >= 11 is 2.25. The molecule has 1 atom stereocenters. The molecule has 3 aromatic rings. The Balaban J connectivity index is 1.36. The van der Waals surface area contributed by atoms with E-state index < -0.39 is 6.10 Å². The molecule has 4 rings (SSSR count). The van der Waals surface area contributed by atoms with Gasteiger partial charge in [-0.3, -0.25) is 4.79 Å². The van der Waals surface area contributed by atoms with E-state index in [0.717, 1.165) is 14.9 Å². The molecule has 1 N–H and O–H groups in total. The number of halogens is 1. The molecule has 1 aromatic heterocycles. The summed E-state index contributed by atoms with van der Waals surface area (Å²) in [5, 5.41) is 3.94. The number of carbonyl (C=O) groups excluding carboxylic acids is 1. The van der Waals surface area contributed by atoms with Crippen LogP contribution < -0.4 is 14.9 Å². The number of furan rings is 1. The molecule has 1 amide bonds. The zero-order valence-electron chi connectivity index (χ0n) is 14.1. The molecule has 1 aliphatic heterocycles. The zero-order valence-corrected chi connectivity index (χ0v) is 16.3. The van der Waals surface area contributed by atoms with Crippen LogP contribution in [0.25, 0.3) is 11.3 Å². The molecule has 2 heterocycles. The second-order valence-electron chi connectivity index (χ2n) is 5.81. The fourth-order valence-electron chi connectivity index (χ4n) is 2.57. The fraction of sp³-hybridized carbons (Fsp3) is 0.100. The highest BCUT2D eigenvalue weighted by Crippen LogP contribution is 2.30. The molecule has 0 aliphatic carbocycles. The van der Waals surface area contributed by atoms with E-state index in [9.17, 15) is 4.79 Å². The molecule has 136 valence electrons. The highest BCUT2D eigenvalue weighted by atomic mass is 127. The monoisotopic (exact) mass is 474 g/mol. The van der Waals surface area contributed by atoms with Crippen LogP contribution in [0.1, 0.15) is 5.76 Å². The van der Waals surface area contributed by atoms with Gasteiger partial charge in [-0.15, -0.1) is 0 Å². The van der Waals surface area contributed by atoms with Gasteiger partial charge in [-0.05, 0) is 59.0 Å². The van der Waals surface area contributed by atoms with Crippen molar-refractivity contribution in [1.82, 2.24) is 5.43 Å². The highest BCUT2D eigenvalue weighted by Gasteiger charge is 2.26. The summed E-state index contributed by atoms with van der Waals surface area (Å²) in [7, 11) is 0. The van der Waals surface area contributed by atoms with E-state index in [4.69, 9.17) is 13.9 Å². The largest absolute Gasteiger partial charge is 0.485 e. The Morgan fingerprint density at radius 2 is 1.85 bits per heavy atom. The Kier molecular flexibility index (Phi) is 5.10. The molecule has 0 saturated heterocycles. The van der Waals surface area contributed by atoms with Crippen LogP contribution in [0.3, 0.4) is 0 Å². The Morgan fingerprint density at radius 1 is 1.07 bits per heavy atom. The van der Waals surface area contributed by atoms with Crippen LogP contribution in [0.15, 0.2) is 70.2 Å². The lowest BCUT2D eigenvalue weighted by atomic mass is 10.2. The molecule has 27 heavy (non-hydrogen) atoms. The van der Waals surface area contributed by atoms with Crippen LogP contribution in [0.2, 0.25) is 0 Å². The molecular formula is C20H15IN2O4. The number of ether oxygens (including phenoxy) is 2. The van der Waals surface area contributed by atoms with E-state index in [-0.39, 0.29) is 12.5 Å². The van der Waals surface area contributed by atoms with E-state index >= 15 is 0 Å². The van der Waals surface area contributed by atoms with Crippen molar-refractivity contribution in [3.63, 3.8) is 0 Å². The van der Waals surface area contributed by atoms with Crippen molar-refractivity contribution in [3.05, 3.63) is 70.0 Å². The number of hydrogen-bond donors (Lipinski definition) is 1. The number of benzene rings is 2. The Morgan fingerprint density at radius 3 is 2.67 bits per heavy atom. The van der Waals surface area contributed by atoms with Gasteiger partial charge in [-0.1, -0.05) is 24.3 Å². The number of nitrogens with zero attached hydrogens (tertiary/aromatic N) is 1. The van der Waals surface area contributed by atoms with E-state index in [1.54, 1.807) is 18.2 Å². The molecule has 7 heteroatoms. The summed E-state index contributed by atoms with van der Waals surface area (Å²) < 4.78 is 18.0. The summed E-state index contributed by atoms with van der Waals surface area (Å²) in [5.74, 6) is 2.06. The SMILES string of the molecule is O=C(NN=Cc1ccc(-c2ccc(I)cc2)o1)C1COc2ccccc2O1. The quantitative estimate of drug-likeness (QED) is 0.355. The minimum absolute atomic E-state index is 0.135. The molecule has 1 unspecified atom stereocenters. The van der Waals surface area contributed by atoms with Gasteiger partial charge in [-0.25, -0.2) is 5.43 Å². The predicted molar refractivity (Wildman–Crippen MR) is 109 cm³/mol. The number of nitrogens with one attached hydrogen (secondary N) is 1. The summed E-state index contributed by atoms with van der Waals surface area (Å²) in [6, 6.07) is 18.9. The normalized spacial score (nSPS) is 15.7. The van der Waals surface area contributed by atoms with E-state index in [0.29, 0.717) is 17.3 Å². The van der Waals surface area contributed by atoms with Gasteiger partial charge in [0.05, 0.1) is 6.21 Å². The number of fused-ring (bicyclic) bond motifs is 1. The van der Waals surface area contributed by atoms with Gasteiger partial charge in [0.1, 0.15) is 18.1 Å². The van der Waals surface area contributed by atoms with Gasteiger partial charge >= 0.3 is 0 Å². The number of hydrazone groups is 1. The molecule has 6 nitrogen and oxygen atoms in total. The first-order valence-corrected chi connectivity index (χ1v) is 9.34. The Bertz CT molecular complexity index is 982. The lowest BCUT2D eigenvalue weighted by molar-refractivity contribution is -0.130. The molecule has 0 saturated carbocycles. The minimum Gasteiger partial charge on any atom is -0.485 e. The number of amides is 1. The van der Waals surface area contributed by atoms with E-state index in [2.05, 4.69) is 33.1 Å². The molecule has 1 aliphatic rings. The number of rotatable bonds is 4. The van der Waals surface area contributed by atoms with Crippen LogP contribution >= 0.6 is 22.6 Å². The first kappa shape index (κ1) is 17.6. The van der Waals surface area contributed by atoms with Crippen LogP contribution in [0.4, 0.5) is 0 Å². The first-order chi connectivity index (χ1) is 13.2. The smallest absolute Gasteiger partial charge is 0.284 e. The third-order valence-electron chi connectivity index (χ3n) is 3.92. The molecule has 0 bridgehead atoms. The van der Waals surface area contributed by atoms with E-state index in [1.165, 1.54) is 6.21 Å². The Hall–Kier alpha value is -2.81. The van der Waals surface area contributed by atoms with Crippen molar-refractivity contribution >= 4 is 34.7 Å². The molecule has 0 spiro atoms. The van der Waals surface area contributed by atoms with Gasteiger partial charge in [0.25, 0.3) is 5.91 Å². The third-order valence-corrected chi connectivity index (χ3v) is 4.64. The number of hydrogen-bond acceptors (Lipinski definition) is 5. The first-order valence-electron chi connectivity index (χ1n) is 8.26. The van der Waals surface area contributed by atoms with Crippen LogP contribution in [-0.2, 0) is 4.79 Å². The molecule has 0 fully saturated rings. The van der Waals surface area contributed by atoms with Crippen molar-refractivity contribution in [2.75, 3.05) is 6.61 Å². The van der Waals surface area contributed by atoms with Crippen LogP contribution in [0.5, 0.6) is 11.5 Å². The third kappa shape index (κ3) is 4.13. The predicted octanol–water partition coefficient (Wildman–Crippen LogP) is 3.84. The van der Waals surface area contributed by atoms with Crippen LogP contribution in [0, 0.1) is 3.57 Å². The molecule has 2 aromatic carbocycles. The second kappa shape index (κ2) is 7.83. The fourth-order valence-corrected chi connectivity index (χ4v) is 2.93. The maximum atomic E-state index is 12.2. The van der Waals surface area contributed by atoms with Crippen molar-refractivity contribution < 1.29 is 18.7 Å². The highest BCUT2D eigenvalue weighted by molar-refractivity contribution is 14.1. The topological polar surface area (TPSA) is 73.1 Å². The summed E-state index contributed by atoms with van der Waals surface area (Å²) in [6.45, 7) is 0.135. The van der Waals surface area contributed by atoms with Gasteiger partial charge < -0.3 is 13.9 Å². The minimum atomic E-state index is -0.754. The van der Waals surface area contributed by atoms with Crippen molar-refractivity contribution in [2.24, 2.45) is 5.10 Å². The zero-order chi connectivity index (χ0) is 18.6. The lowest BCUT2D eigenvalue weighted by Gasteiger charge is -2.24.